The van der Waals surface area contributed by atoms with Gasteiger partial charge in [0, 0.05) is 25.7 Å². The van der Waals surface area contributed by atoms with Crippen LogP contribution in [0.15, 0.2) is 24.3 Å². The number of carbonyl (C=O) groups excluding carboxylic acids is 3. The lowest BCUT2D eigenvalue weighted by Crippen LogP contribution is -2.44. The number of nitrogens with zero attached hydrogens (tertiary/aromatic N) is 1. The largest absolute Gasteiger partial charge is 0.329 e. The van der Waals surface area contributed by atoms with Crippen LogP contribution in [0, 0.1) is 0 Å². The zero-order valence-electron chi connectivity index (χ0n) is 13.5. The van der Waals surface area contributed by atoms with Gasteiger partial charge in [-0.3, -0.25) is 19.3 Å². The molecule has 3 amide bonds. The average Bonchev–Trinajstić information content (AvgIpc) is 2.43. The standard InChI is InChI=1S/C16H23N3O3/c1-11(20)19(10-9-17)15(22)14(21)18-13-7-5-12(6-8-13)16(2,3)4/h5-8H,9-10,17H2,1-4H3,(H,18,21). The van der Waals surface area contributed by atoms with Crippen molar-refractivity contribution in [2.24, 2.45) is 5.73 Å². The number of amides is 3. The minimum absolute atomic E-state index is 0.00487. The van der Waals surface area contributed by atoms with E-state index in [1.165, 1.54) is 6.92 Å². The molecule has 3 N–H and O–H groups in total. The fraction of sp³-hybridized carbons (Fsp3) is 0.438. The van der Waals surface area contributed by atoms with Crippen LogP contribution in [0.4, 0.5) is 5.69 Å². The van der Waals surface area contributed by atoms with Crippen molar-refractivity contribution in [3.05, 3.63) is 29.8 Å². The van der Waals surface area contributed by atoms with Gasteiger partial charge in [0.1, 0.15) is 0 Å². The Hall–Kier alpha value is -2.21. The quantitative estimate of drug-likeness (QED) is 0.822. The number of nitrogens with one attached hydrogen (secondary N) is 1. The Balaban J connectivity index is 2.79. The van der Waals surface area contributed by atoms with Gasteiger partial charge in [-0.15, -0.1) is 0 Å². The summed E-state index contributed by atoms with van der Waals surface area (Å²) in [5.41, 5.74) is 6.96. The molecular formula is C16H23N3O3. The van der Waals surface area contributed by atoms with Crippen molar-refractivity contribution >= 4 is 23.4 Å². The van der Waals surface area contributed by atoms with Gasteiger partial charge in [-0.05, 0) is 23.1 Å². The van der Waals surface area contributed by atoms with E-state index in [1.807, 2.05) is 12.1 Å². The van der Waals surface area contributed by atoms with Gasteiger partial charge in [0.25, 0.3) is 0 Å². The van der Waals surface area contributed by atoms with E-state index in [9.17, 15) is 14.4 Å². The fourth-order valence-electron chi connectivity index (χ4n) is 1.89. The third-order valence-electron chi connectivity index (χ3n) is 3.18. The highest BCUT2D eigenvalue weighted by Gasteiger charge is 2.24. The van der Waals surface area contributed by atoms with Gasteiger partial charge in [-0.25, -0.2) is 0 Å². The summed E-state index contributed by atoms with van der Waals surface area (Å²) in [6.07, 6.45) is 0. The smallest absolute Gasteiger partial charge is 0.318 e. The zero-order valence-corrected chi connectivity index (χ0v) is 13.5. The molecule has 6 heteroatoms. The molecule has 0 bridgehead atoms. The average molecular weight is 305 g/mol. The summed E-state index contributed by atoms with van der Waals surface area (Å²) in [6.45, 7) is 7.60. The summed E-state index contributed by atoms with van der Waals surface area (Å²) < 4.78 is 0. The normalized spacial score (nSPS) is 11.0. The molecule has 0 heterocycles. The molecule has 6 nitrogen and oxygen atoms in total. The monoisotopic (exact) mass is 305 g/mol. The Kier molecular flexibility index (Phi) is 5.82. The van der Waals surface area contributed by atoms with Crippen LogP contribution in [-0.2, 0) is 19.8 Å². The van der Waals surface area contributed by atoms with Gasteiger partial charge in [0.05, 0.1) is 0 Å². The first-order chi connectivity index (χ1) is 10.2. The lowest BCUT2D eigenvalue weighted by molar-refractivity contribution is -0.149. The van der Waals surface area contributed by atoms with Crippen LogP contribution in [0.2, 0.25) is 0 Å². The van der Waals surface area contributed by atoms with Crippen LogP contribution < -0.4 is 11.1 Å². The van der Waals surface area contributed by atoms with E-state index in [0.29, 0.717) is 5.69 Å². The fourth-order valence-corrected chi connectivity index (χ4v) is 1.89. The molecule has 0 atom stereocenters. The molecule has 0 saturated heterocycles. The second kappa shape index (κ2) is 7.17. The van der Waals surface area contributed by atoms with Crippen LogP contribution in [-0.4, -0.2) is 35.7 Å². The number of anilines is 1. The Morgan fingerprint density at radius 3 is 2.09 bits per heavy atom. The zero-order chi connectivity index (χ0) is 16.9. The molecule has 0 aliphatic carbocycles. The SMILES string of the molecule is CC(=O)N(CCN)C(=O)C(=O)Nc1ccc(C(C)(C)C)cc1. The predicted octanol–water partition coefficient (Wildman–Crippen LogP) is 1.26. The number of hydrogen-bond donors (Lipinski definition) is 2. The van der Waals surface area contributed by atoms with Gasteiger partial charge >= 0.3 is 11.8 Å². The lowest BCUT2D eigenvalue weighted by Gasteiger charge is -2.20. The van der Waals surface area contributed by atoms with Crippen LogP contribution in [0.3, 0.4) is 0 Å². The first kappa shape index (κ1) is 17.8. The molecule has 0 unspecified atom stereocenters. The van der Waals surface area contributed by atoms with Crippen molar-refractivity contribution in [1.29, 1.82) is 0 Å². The van der Waals surface area contributed by atoms with E-state index in [2.05, 4.69) is 26.1 Å². The minimum Gasteiger partial charge on any atom is -0.329 e. The third kappa shape index (κ3) is 4.66. The third-order valence-corrected chi connectivity index (χ3v) is 3.18. The van der Waals surface area contributed by atoms with Crippen molar-refractivity contribution in [3.8, 4) is 0 Å². The molecule has 0 spiro atoms. The predicted molar refractivity (Wildman–Crippen MR) is 85.2 cm³/mol. The Labute approximate surface area is 130 Å². The van der Waals surface area contributed by atoms with Crippen molar-refractivity contribution in [3.63, 3.8) is 0 Å². The summed E-state index contributed by atoms with van der Waals surface area (Å²) in [4.78, 5) is 36.1. The van der Waals surface area contributed by atoms with Gasteiger partial charge in [0.2, 0.25) is 5.91 Å². The van der Waals surface area contributed by atoms with E-state index in [-0.39, 0.29) is 18.5 Å². The molecular weight excluding hydrogens is 282 g/mol. The topological polar surface area (TPSA) is 92.5 Å². The Morgan fingerprint density at radius 2 is 1.68 bits per heavy atom. The van der Waals surface area contributed by atoms with Crippen molar-refractivity contribution in [1.82, 2.24) is 4.90 Å². The lowest BCUT2D eigenvalue weighted by atomic mass is 9.87. The van der Waals surface area contributed by atoms with E-state index >= 15 is 0 Å². The molecule has 0 fully saturated rings. The minimum atomic E-state index is -0.905. The number of nitrogens with two attached hydrogens (primary N) is 1. The van der Waals surface area contributed by atoms with E-state index in [4.69, 9.17) is 5.73 Å². The van der Waals surface area contributed by atoms with Crippen molar-refractivity contribution in [2.75, 3.05) is 18.4 Å². The summed E-state index contributed by atoms with van der Waals surface area (Å²) in [6, 6.07) is 7.24. The molecule has 1 aromatic carbocycles. The molecule has 1 aromatic rings. The van der Waals surface area contributed by atoms with Gasteiger partial charge in [-0.2, -0.15) is 0 Å². The molecule has 0 radical (unpaired) electrons. The van der Waals surface area contributed by atoms with E-state index in [0.717, 1.165) is 10.5 Å². The summed E-state index contributed by atoms with van der Waals surface area (Å²) >= 11 is 0. The molecule has 0 aromatic heterocycles. The number of hydrogen-bond acceptors (Lipinski definition) is 4. The molecule has 120 valence electrons. The summed E-state index contributed by atoms with van der Waals surface area (Å²) in [5.74, 6) is -2.27. The first-order valence-corrected chi connectivity index (χ1v) is 7.11. The number of benzene rings is 1. The first-order valence-electron chi connectivity index (χ1n) is 7.11. The Morgan fingerprint density at radius 1 is 1.14 bits per heavy atom. The van der Waals surface area contributed by atoms with Crippen molar-refractivity contribution in [2.45, 2.75) is 33.1 Å². The van der Waals surface area contributed by atoms with Gasteiger partial charge in [-0.1, -0.05) is 32.9 Å². The molecule has 0 aliphatic heterocycles. The van der Waals surface area contributed by atoms with Crippen LogP contribution in [0.1, 0.15) is 33.3 Å². The maximum atomic E-state index is 11.9. The highest BCUT2D eigenvalue weighted by atomic mass is 16.2. The summed E-state index contributed by atoms with van der Waals surface area (Å²) in [5, 5.41) is 2.49. The maximum Gasteiger partial charge on any atom is 0.318 e. The number of rotatable bonds is 3. The van der Waals surface area contributed by atoms with Gasteiger partial charge in [0.15, 0.2) is 0 Å². The molecule has 22 heavy (non-hydrogen) atoms. The molecule has 1 rings (SSSR count). The van der Waals surface area contributed by atoms with Crippen molar-refractivity contribution < 1.29 is 14.4 Å². The maximum absolute atomic E-state index is 11.9. The second-order valence-corrected chi connectivity index (χ2v) is 6.05. The van der Waals surface area contributed by atoms with Crippen LogP contribution >= 0.6 is 0 Å². The second-order valence-electron chi connectivity index (χ2n) is 6.05. The highest BCUT2D eigenvalue weighted by molar-refractivity contribution is 6.41. The highest BCUT2D eigenvalue weighted by Crippen LogP contribution is 2.23. The molecule has 0 saturated carbocycles. The Bertz CT molecular complexity index is 559. The number of carbonyl (C=O) groups is 3. The van der Waals surface area contributed by atoms with E-state index < -0.39 is 17.7 Å². The summed E-state index contributed by atoms with van der Waals surface area (Å²) in [7, 11) is 0. The molecule has 0 aliphatic rings. The van der Waals surface area contributed by atoms with Crippen LogP contribution in [0.5, 0.6) is 0 Å². The van der Waals surface area contributed by atoms with Gasteiger partial charge < -0.3 is 11.1 Å². The van der Waals surface area contributed by atoms with E-state index in [1.54, 1.807) is 12.1 Å². The van der Waals surface area contributed by atoms with Crippen LogP contribution in [0.25, 0.3) is 0 Å². The number of imide groups is 1.